The third kappa shape index (κ3) is 4.20. The molecule has 102 valence electrons. The maximum Gasteiger partial charge on any atom is 0.122 e. The Morgan fingerprint density at radius 1 is 1.11 bits per heavy atom. The van der Waals surface area contributed by atoms with Crippen LogP contribution in [-0.2, 0) is 0 Å². The largest absolute Gasteiger partial charge is 0.497 e. The highest BCUT2D eigenvalue weighted by molar-refractivity contribution is 5.39. The molecule has 0 aliphatic heterocycles. The average Bonchev–Trinajstić information content (AvgIpc) is 2.38. The van der Waals surface area contributed by atoms with Crippen LogP contribution in [0.3, 0.4) is 0 Å². The van der Waals surface area contributed by atoms with E-state index in [1.54, 1.807) is 14.2 Å². The Morgan fingerprint density at radius 2 is 1.67 bits per heavy atom. The molecule has 1 rings (SSSR count). The monoisotopic (exact) mass is 252 g/mol. The highest BCUT2D eigenvalue weighted by atomic mass is 16.5. The van der Waals surface area contributed by atoms with E-state index in [-0.39, 0.29) is 0 Å². The standard InChI is InChI=1S/C14H24N2O2/c1-15-14(6-7-16(2)3)11-8-12(17-4)10-13(9-11)18-5/h8-10,14-15H,6-7H2,1-5H3. The Labute approximate surface area is 110 Å². The second kappa shape index (κ2) is 7.24. The van der Waals surface area contributed by atoms with Crippen LogP contribution in [0.5, 0.6) is 11.5 Å². The van der Waals surface area contributed by atoms with Gasteiger partial charge in [-0.1, -0.05) is 0 Å². The zero-order chi connectivity index (χ0) is 13.5. The molecule has 0 saturated heterocycles. The van der Waals surface area contributed by atoms with Crippen LogP contribution in [0.4, 0.5) is 0 Å². The highest BCUT2D eigenvalue weighted by Crippen LogP contribution is 2.27. The Kier molecular flexibility index (Phi) is 5.95. The number of nitrogens with one attached hydrogen (secondary N) is 1. The van der Waals surface area contributed by atoms with Crippen molar-refractivity contribution in [2.75, 3.05) is 41.9 Å². The van der Waals surface area contributed by atoms with Crippen molar-refractivity contribution in [1.82, 2.24) is 10.2 Å². The van der Waals surface area contributed by atoms with Crippen LogP contribution in [0.15, 0.2) is 18.2 Å². The van der Waals surface area contributed by atoms with Crippen molar-refractivity contribution in [3.05, 3.63) is 23.8 Å². The molecule has 0 aromatic heterocycles. The summed E-state index contributed by atoms with van der Waals surface area (Å²) >= 11 is 0. The summed E-state index contributed by atoms with van der Waals surface area (Å²) in [6.07, 6.45) is 1.04. The van der Waals surface area contributed by atoms with Gasteiger partial charge in [-0.05, 0) is 51.8 Å². The second-order valence-corrected chi connectivity index (χ2v) is 4.58. The first kappa shape index (κ1) is 14.8. The van der Waals surface area contributed by atoms with Crippen molar-refractivity contribution in [1.29, 1.82) is 0 Å². The van der Waals surface area contributed by atoms with Crippen molar-refractivity contribution in [3.63, 3.8) is 0 Å². The SMILES string of the molecule is CNC(CCN(C)C)c1cc(OC)cc(OC)c1. The van der Waals surface area contributed by atoms with Crippen molar-refractivity contribution in [2.45, 2.75) is 12.5 Å². The van der Waals surface area contributed by atoms with Crippen molar-refractivity contribution in [3.8, 4) is 11.5 Å². The molecule has 0 radical (unpaired) electrons. The summed E-state index contributed by atoms with van der Waals surface area (Å²) in [6, 6.07) is 6.30. The summed E-state index contributed by atoms with van der Waals surface area (Å²) in [5.74, 6) is 1.66. The molecule has 0 fully saturated rings. The van der Waals surface area contributed by atoms with E-state index in [1.165, 1.54) is 5.56 Å². The lowest BCUT2D eigenvalue weighted by molar-refractivity contribution is 0.364. The van der Waals surface area contributed by atoms with Gasteiger partial charge in [0.25, 0.3) is 0 Å². The summed E-state index contributed by atoms with van der Waals surface area (Å²) in [6.45, 7) is 1.03. The van der Waals surface area contributed by atoms with E-state index >= 15 is 0 Å². The smallest absolute Gasteiger partial charge is 0.122 e. The lowest BCUT2D eigenvalue weighted by Gasteiger charge is -2.20. The van der Waals surface area contributed by atoms with Crippen molar-refractivity contribution in [2.24, 2.45) is 0 Å². The quantitative estimate of drug-likeness (QED) is 0.804. The Morgan fingerprint density at radius 3 is 2.06 bits per heavy atom. The lowest BCUT2D eigenvalue weighted by atomic mass is 10.0. The number of benzene rings is 1. The molecule has 1 N–H and O–H groups in total. The molecule has 4 heteroatoms. The molecule has 0 saturated carbocycles. The van der Waals surface area contributed by atoms with Crippen molar-refractivity contribution < 1.29 is 9.47 Å². The Balaban J connectivity index is 2.89. The van der Waals surface area contributed by atoms with Gasteiger partial charge in [0.2, 0.25) is 0 Å². The summed E-state index contributed by atoms with van der Waals surface area (Å²) < 4.78 is 10.6. The van der Waals surface area contributed by atoms with Crippen LogP contribution in [0.1, 0.15) is 18.0 Å². The van der Waals surface area contributed by atoms with Gasteiger partial charge in [-0.25, -0.2) is 0 Å². The van der Waals surface area contributed by atoms with E-state index in [0.29, 0.717) is 6.04 Å². The minimum absolute atomic E-state index is 0.302. The normalized spacial score (nSPS) is 12.6. The van der Waals surface area contributed by atoms with E-state index in [1.807, 2.05) is 13.1 Å². The van der Waals surface area contributed by atoms with Gasteiger partial charge in [0, 0.05) is 12.1 Å². The first-order chi connectivity index (χ1) is 8.60. The highest BCUT2D eigenvalue weighted by Gasteiger charge is 2.12. The number of rotatable bonds is 7. The summed E-state index contributed by atoms with van der Waals surface area (Å²) in [5, 5.41) is 3.34. The zero-order valence-corrected chi connectivity index (χ0v) is 12.0. The van der Waals surface area contributed by atoms with E-state index in [0.717, 1.165) is 24.5 Å². The van der Waals surface area contributed by atoms with Gasteiger partial charge < -0.3 is 19.7 Å². The second-order valence-electron chi connectivity index (χ2n) is 4.58. The summed E-state index contributed by atoms with van der Waals surface area (Å²) in [7, 11) is 9.49. The summed E-state index contributed by atoms with van der Waals surface area (Å²) in [5.41, 5.74) is 1.19. The first-order valence-corrected chi connectivity index (χ1v) is 6.15. The molecule has 0 bridgehead atoms. The topological polar surface area (TPSA) is 33.7 Å². The fourth-order valence-electron chi connectivity index (χ4n) is 1.90. The van der Waals surface area contributed by atoms with Crippen LogP contribution < -0.4 is 14.8 Å². The van der Waals surface area contributed by atoms with Crippen LogP contribution >= 0.6 is 0 Å². The van der Waals surface area contributed by atoms with E-state index in [4.69, 9.17) is 9.47 Å². The maximum atomic E-state index is 5.30. The fraction of sp³-hybridized carbons (Fsp3) is 0.571. The maximum absolute atomic E-state index is 5.30. The van der Waals surface area contributed by atoms with E-state index < -0.39 is 0 Å². The average molecular weight is 252 g/mol. The minimum Gasteiger partial charge on any atom is -0.497 e. The van der Waals surface area contributed by atoms with Crippen LogP contribution in [-0.4, -0.2) is 46.8 Å². The molecule has 1 unspecified atom stereocenters. The third-order valence-electron chi connectivity index (χ3n) is 2.99. The molecular formula is C14H24N2O2. The molecule has 0 spiro atoms. The number of ether oxygens (including phenoxy) is 2. The number of hydrogen-bond donors (Lipinski definition) is 1. The van der Waals surface area contributed by atoms with Gasteiger partial charge >= 0.3 is 0 Å². The Hall–Kier alpha value is -1.26. The van der Waals surface area contributed by atoms with Crippen LogP contribution in [0.25, 0.3) is 0 Å². The molecule has 0 amide bonds. The molecule has 0 aliphatic rings. The van der Waals surface area contributed by atoms with Crippen LogP contribution in [0, 0.1) is 0 Å². The number of hydrogen-bond acceptors (Lipinski definition) is 4. The molecule has 1 aromatic rings. The molecule has 1 atom stereocenters. The zero-order valence-electron chi connectivity index (χ0n) is 12.0. The van der Waals surface area contributed by atoms with Gasteiger partial charge in [-0.3, -0.25) is 0 Å². The van der Waals surface area contributed by atoms with Gasteiger partial charge in [-0.2, -0.15) is 0 Å². The summed E-state index contributed by atoms with van der Waals surface area (Å²) in [4.78, 5) is 2.18. The van der Waals surface area contributed by atoms with Gasteiger partial charge in [0.15, 0.2) is 0 Å². The third-order valence-corrected chi connectivity index (χ3v) is 2.99. The number of nitrogens with zero attached hydrogens (tertiary/aromatic N) is 1. The van der Waals surface area contributed by atoms with Gasteiger partial charge in [-0.15, -0.1) is 0 Å². The van der Waals surface area contributed by atoms with E-state index in [2.05, 4.69) is 36.4 Å². The van der Waals surface area contributed by atoms with Gasteiger partial charge in [0.1, 0.15) is 11.5 Å². The molecule has 4 nitrogen and oxygen atoms in total. The number of methoxy groups -OCH3 is 2. The van der Waals surface area contributed by atoms with Crippen LogP contribution in [0.2, 0.25) is 0 Å². The van der Waals surface area contributed by atoms with Gasteiger partial charge in [0.05, 0.1) is 14.2 Å². The molecular weight excluding hydrogens is 228 g/mol. The minimum atomic E-state index is 0.302. The van der Waals surface area contributed by atoms with Crippen molar-refractivity contribution >= 4 is 0 Å². The molecule has 1 aromatic carbocycles. The first-order valence-electron chi connectivity index (χ1n) is 6.15. The predicted molar refractivity (Wildman–Crippen MR) is 74.5 cm³/mol. The molecule has 0 aliphatic carbocycles. The molecule has 0 heterocycles. The molecule has 18 heavy (non-hydrogen) atoms. The fourth-order valence-corrected chi connectivity index (χ4v) is 1.90. The Bertz CT molecular complexity index is 345. The van der Waals surface area contributed by atoms with E-state index in [9.17, 15) is 0 Å². The predicted octanol–water partition coefficient (Wildman–Crippen LogP) is 1.92. The lowest BCUT2D eigenvalue weighted by Crippen LogP contribution is -2.23.